The predicted molar refractivity (Wildman–Crippen MR) is 114 cm³/mol. The fourth-order valence-corrected chi connectivity index (χ4v) is 3.54. The Hall–Kier alpha value is -4.17. The van der Waals surface area contributed by atoms with E-state index in [0.717, 1.165) is 0 Å². The van der Waals surface area contributed by atoms with E-state index in [1.54, 1.807) is 31.2 Å². The number of nitrogens with zero attached hydrogens (tertiary/aromatic N) is 4. The zero-order valence-electron chi connectivity index (χ0n) is 16.4. The molecule has 0 radical (unpaired) electrons. The molecule has 2 aromatic carbocycles. The molecular weight excluding hydrogens is 420 g/mol. The van der Waals surface area contributed by atoms with Crippen molar-refractivity contribution in [1.82, 2.24) is 9.78 Å². The normalized spacial score (nSPS) is 11.4. The van der Waals surface area contributed by atoms with Crippen LogP contribution in [-0.2, 0) is 19.6 Å². The van der Waals surface area contributed by atoms with E-state index in [-0.39, 0.29) is 17.3 Å². The highest BCUT2D eigenvalue weighted by atomic mass is 32.2. The number of rotatable bonds is 8. The van der Waals surface area contributed by atoms with Crippen LogP contribution >= 0.6 is 0 Å². The maximum Gasteiger partial charge on any atom is 0.369 e. The fourth-order valence-electron chi connectivity index (χ4n) is 2.50. The molecule has 0 aliphatic carbocycles. The Balaban J connectivity index is 1.75. The highest BCUT2D eigenvalue weighted by Gasteiger charge is 2.17. The Labute approximate surface area is 178 Å². The minimum Gasteiger partial charge on any atom is -0.461 e. The number of hydrazone groups is 1. The molecule has 0 bridgehead atoms. The molecule has 0 saturated carbocycles. The maximum absolute atomic E-state index is 12.8. The molecule has 0 saturated heterocycles. The van der Waals surface area contributed by atoms with Crippen molar-refractivity contribution in [3.05, 3.63) is 66.9 Å². The molecule has 2 N–H and O–H groups in total. The zero-order chi connectivity index (χ0) is 22.3. The summed E-state index contributed by atoms with van der Waals surface area (Å²) >= 11 is 0. The van der Waals surface area contributed by atoms with Crippen molar-refractivity contribution in [2.24, 2.45) is 5.10 Å². The molecule has 1 aromatic heterocycles. The number of nitrogens with one attached hydrogen (secondary N) is 2. The zero-order valence-corrected chi connectivity index (χ0v) is 17.2. The van der Waals surface area contributed by atoms with Gasteiger partial charge in [-0.3, -0.25) is 10.1 Å². The minimum atomic E-state index is -3.89. The number of carbonyl (C=O) groups is 1. The van der Waals surface area contributed by atoms with Gasteiger partial charge in [0, 0.05) is 6.07 Å². The Morgan fingerprint density at radius 2 is 1.87 bits per heavy atom. The van der Waals surface area contributed by atoms with Gasteiger partial charge in [0.1, 0.15) is 11.9 Å². The van der Waals surface area contributed by atoms with Gasteiger partial charge in [-0.25, -0.2) is 17.9 Å². The lowest BCUT2D eigenvalue weighted by atomic mass is 10.3. The van der Waals surface area contributed by atoms with Gasteiger partial charge < -0.3 is 4.74 Å². The molecule has 10 nitrogen and oxygen atoms in total. The number of esters is 1. The predicted octanol–water partition coefficient (Wildman–Crippen LogP) is 2.53. The van der Waals surface area contributed by atoms with E-state index in [1.807, 2.05) is 18.2 Å². The molecule has 0 fully saturated rings. The first-order chi connectivity index (χ1) is 14.9. The molecule has 0 unspecified atom stereocenters. The summed E-state index contributed by atoms with van der Waals surface area (Å²) in [6.45, 7) is 1.72. The number of hydrogen-bond acceptors (Lipinski definition) is 8. The van der Waals surface area contributed by atoms with Crippen LogP contribution in [0.4, 0.5) is 11.5 Å². The van der Waals surface area contributed by atoms with Gasteiger partial charge in [0.15, 0.2) is 0 Å². The molecule has 3 aromatic rings. The number of sulfonamides is 1. The summed E-state index contributed by atoms with van der Waals surface area (Å²) in [7, 11) is -3.89. The number of anilines is 2. The molecule has 11 heteroatoms. The number of ether oxygens (including phenoxy) is 1. The standard InChI is InChI=1S/C20H18N6O4S/c1-2-30-20(27)18(14-21)24-23-15-8-10-17(11-9-15)31(28,29)25-19-12-13-22-26(19)16-6-4-3-5-7-16/h3-13,23,25H,2H2,1H3/b24-18+. The van der Waals surface area contributed by atoms with Crippen LogP contribution in [0.25, 0.3) is 5.69 Å². The van der Waals surface area contributed by atoms with E-state index in [2.05, 4.69) is 20.3 Å². The fraction of sp³-hybridized carbons (Fsp3) is 0.100. The van der Waals surface area contributed by atoms with Gasteiger partial charge in [0.2, 0.25) is 5.71 Å². The third-order valence-electron chi connectivity index (χ3n) is 3.92. The Kier molecular flexibility index (Phi) is 6.64. The molecule has 0 aliphatic rings. The summed E-state index contributed by atoms with van der Waals surface area (Å²) < 4.78 is 34.2. The summed E-state index contributed by atoms with van der Waals surface area (Å²) in [5.74, 6) is -0.568. The second kappa shape index (κ2) is 9.55. The number of benzene rings is 2. The van der Waals surface area contributed by atoms with Crippen molar-refractivity contribution in [2.45, 2.75) is 11.8 Å². The number of para-hydroxylation sites is 1. The summed E-state index contributed by atoms with van der Waals surface area (Å²) in [5.41, 5.74) is 3.16. The molecule has 0 spiro atoms. The van der Waals surface area contributed by atoms with E-state index < -0.39 is 21.7 Å². The van der Waals surface area contributed by atoms with Gasteiger partial charge in [-0.1, -0.05) is 18.2 Å². The lowest BCUT2D eigenvalue weighted by Crippen LogP contribution is -2.17. The first-order valence-electron chi connectivity index (χ1n) is 9.08. The number of aromatic nitrogens is 2. The first-order valence-corrected chi connectivity index (χ1v) is 10.6. The second-order valence-corrected chi connectivity index (χ2v) is 7.68. The van der Waals surface area contributed by atoms with Gasteiger partial charge in [-0.15, -0.1) is 0 Å². The van der Waals surface area contributed by atoms with Gasteiger partial charge in [-0.05, 0) is 43.3 Å². The summed E-state index contributed by atoms with van der Waals surface area (Å²) in [6.07, 6.45) is 1.49. The lowest BCUT2D eigenvalue weighted by molar-refractivity contribution is -0.134. The van der Waals surface area contributed by atoms with E-state index >= 15 is 0 Å². The van der Waals surface area contributed by atoms with Crippen LogP contribution in [0.5, 0.6) is 0 Å². The van der Waals surface area contributed by atoms with E-state index in [4.69, 9.17) is 10.00 Å². The van der Waals surface area contributed by atoms with Crippen molar-refractivity contribution >= 4 is 33.2 Å². The topological polar surface area (TPSA) is 138 Å². The molecule has 0 atom stereocenters. The van der Waals surface area contributed by atoms with E-state index in [0.29, 0.717) is 11.4 Å². The van der Waals surface area contributed by atoms with E-state index in [9.17, 15) is 13.2 Å². The minimum absolute atomic E-state index is 0.00809. The van der Waals surface area contributed by atoms with Crippen LogP contribution in [0.1, 0.15) is 6.92 Å². The molecule has 158 valence electrons. The Morgan fingerprint density at radius 1 is 1.16 bits per heavy atom. The molecule has 31 heavy (non-hydrogen) atoms. The largest absolute Gasteiger partial charge is 0.461 e. The van der Waals surface area contributed by atoms with Gasteiger partial charge in [0.05, 0.1) is 29.1 Å². The van der Waals surface area contributed by atoms with Gasteiger partial charge >= 0.3 is 5.97 Å². The quantitative estimate of drug-likeness (QED) is 0.313. The Bertz CT molecular complexity index is 1230. The molecule has 3 rings (SSSR count). The number of carbonyl (C=O) groups excluding carboxylic acids is 1. The summed E-state index contributed by atoms with van der Waals surface area (Å²) in [5, 5.41) is 16.8. The highest BCUT2D eigenvalue weighted by molar-refractivity contribution is 7.92. The molecular formula is C20H18N6O4S. The van der Waals surface area contributed by atoms with E-state index in [1.165, 1.54) is 35.1 Å². The van der Waals surface area contributed by atoms with Crippen LogP contribution in [0, 0.1) is 11.3 Å². The van der Waals surface area contributed by atoms with Crippen molar-refractivity contribution in [2.75, 3.05) is 16.8 Å². The maximum atomic E-state index is 12.8. The molecule has 0 amide bonds. The van der Waals surface area contributed by atoms with Gasteiger partial charge in [-0.2, -0.15) is 15.5 Å². The average molecular weight is 438 g/mol. The molecule has 0 aliphatic heterocycles. The first kappa shape index (κ1) is 21.5. The second-order valence-electron chi connectivity index (χ2n) is 6.00. The van der Waals surface area contributed by atoms with Crippen molar-refractivity contribution in [3.63, 3.8) is 0 Å². The summed E-state index contributed by atoms with van der Waals surface area (Å²) in [4.78, 5) is 11.6. The van der Waals surface area contributed by atoms with Crippen molar-refractivity contribution < 1.29 is 17.9 Å². The third kappa shape index (κ3) is 5.26. The Morgan fingerprint density at radius 3 is 2.52 bits per heavy atom. The van der Waals surface area contributed by atoms with Crippen molar-refractivity contribution in [1.29, 1.82) is 5.26 Å². The number of nitriles is 1. The SMILES string of the molecule is CCOC(=O)/C(C#N)=N/Nc1ccc(S(=O)(=O)Nc2ccnn2-c2ccccc2)cc1. The lowest BCUT2D eigenvalue weighted by Gasteiger charge is -2.11. The highest BCUT2D eigenvalue weighted by Crippen LogP contribution is 2.20. The molecule has 1 heterocycles. The van der Waals surface area contributed by atoms with Crippen LogP contribution in [-0.4, -0.2) is 36.5 Å². The monoisotopic (exact) mass is 438 g/mol. The number of hydrogen-bond donors (Lipinski definition) is 2. The average Bonchev–Trinajstić information content (AvgIpc) is 3.23. The summed E-state index contributed by atoms with van der Waals surface area (Å²) in [6, 6.07) is 17.9. The smallest absolute Gasteiger partial charge is 0.369 e. The third-order valence-corrected chi connectivity index (χ3v) is 5.29. The van der Waals surface area contributed by atoms with Crippen LogP contribution in [0.15, 0.2) is 76.9 Å². The van der Waals surface area contributed by atoms with Crippen molar-refractivity contribution in [3.8, 4) is 11.8 Å². The van der Waals surface area contributed by atoms with Crippen LogP contribution < -0.4 is 10.1 Å². The van der Waals surface area contributed by atoms with Gasteiger partial charge in [0.25, 0.3) is 10.0 Å². The van der Waals surface area contributed by atoms with Crippen LogP contribution in [0.3, 0.4) is 0 Å². The van der Waals surface area contributed by atoms with Crippen LogP contribution in [0.2, 0.25) is 0 Å².